The molecular formula is C102H200N4O10. The number of nitrogens with zero attached hydrogens (tertiary/aromatic N) is 4. The predicted octanol–water partition coefficient (Wildman–Crippen LogP) is 29.4. The van der Waals surface area contributed by atoms with Crippen LogP contribution in [0.4, 0.5) is 0 Å². The van der Waals surface area contributed by atoms with E-state index in [4.69, 9.17) is 18.9 Å². The van der Waals surface area contributed by atoms with Crippen LogP contribution in [0.15, 0.2) is 0 Å². The Morgan fingerprint density at radius 3 is 0.698 bits per heavy atom. The molecule has 688 valence electrons. The van der Waals surface area contributed by atoms with Crippen LogP contribution in [0.25, 0.3) is 0 Å². The smallest absolute Gasteiger partial charge is 0.306 e. The van der Waals surface area contributed by atoms with Crippen molar-refractivity contribution in [3.05, 3.63) is 0 Å². The normalized spacial score (nSPS) is 11.5. The zero-order chi connectivity index (χ0) is 85.2. The maximum Gasteiger partial charge on any atom is 0.306 e. The van der Waals surface area contributed by atoms with Gasteiger partial charge in [0.15, 0.2) is 0 Å². The van der Waals surface area contributed by atoms with Crippen LogP contribution in [-0.4, -0.2) is 146 Å². The third-order valence-corrected chi connectivity index (χ3v) is 23.9. The molecule has 0 rings (SSSR count). The van der Waals surface area contributed by atoms with Crippen molar-refractivity contribution in [3.63, 3.8) is 0 Å². The molecule has 0 atom stereocenters. The highest BCUT2D eigenvalue weighted by Gasteiger charge is 2.19. The molecule has 0 aliphatic heterocycles. The first kappa shape index (κ1) is 115. The summed E-state index contributed by atoms with van der Waals surface area (Å²) in [5.74, 6) is 0.344. The third-order valence-electron chi connectivity index (χ3n) is 23.9. The number of ether oxygens (including phenoxy) is 4. The summed E-state index contributed by atoms with van der Waals surface area (Å²) in [6.07, 6.45) is 82.8. The van der Waals surface area contributed by atoms with Gasteiger partial charge >= 0.3 is 23.9 Å². The zero-order valence-corrected chi connectivity index (χ0v) is 79.4. The molecule has 0 saturated carbocycles. The maximum atomic E-state index is 13.1. The van der Waals surface area contributed by atoms with Gasteiger partial charge in [-0.1, -0.05) is 344 Å². The molecule has 0 aliphatic rings. The maximum absolute atomic E-state index is 13.1. The minimum Gasteiger partial charge on any atom is -0.466 e. The van der Waals surface area contributed by atoms with E-state index in [2.05, 4.69) is 58.3 Å². The molecule has 0 heterocycles. The molecule has 2 amide bonds. The van der Waals surface area contributed by atoms with E-state index < -0.39 is 0 Å². The highest BCUT2D eigenvalue weighted by Crippen LogP contribution is 2.23. The molecular weight excluding hydrogens is 1440 g/mol. The van der Waals surface area contributed by atoms with Crippen molar-refractivity contribution in [3.8, 4) is 0 Å². The first-order valence-corrected chi connectivity index (χ1v) is 51.5. The molecule has 0 unspecified atom stereocenters. The molecule has 0 bridgehead atoms. The Morgan fingerprint density at radius 1 is 0.207 bits per heavy atom. The Bertz CT molecular complexity index is 2050. The number of rotatable bonds is 92. The molecule has 0 aromatic rings. The van der Waals surface area contributed by atoms with Crippen molar-refractivity contribution in [2.75, 3.05) is 78.7 Å². The molecule has 0 aromatic carbocycles. The summed E-state index contributed by atoms with van der Waals surface area (Å²) in [4.78, 5) is 84.3. The van der Waals surface area contributed by atoms with Gasteiger partial charge in [-0.2, -0.15) is 0 Å². The van der Waals surface area contributed by atoms with Crippen LogP contribution in [-0.2, 0) is 47.7 Å². The highest BCUT2D eigenvalue weighted by molar-refractivity contribution is 5.77. The SMILES string of the molecule is CCCCCCCCCOC(=O)CCCCCCCN(CCCC)CCCCCCCC(=O)OC(CCCCCCCC)CCCCCCCC.CCCCCCCCCOC(=O)CCCCCCCN(CCCCCCCC(=O)OC(CCCCCCCC)CCCCCCCC)CCCCC(=O)N(CC)CCN(CC)C(=O)CC. The summed E-state index contributed by atoms with van der Waals surface area (Å²) in [5, 5.41) is 0. The summed E-state index contributed by atoms with van der Waals surface area (Å²) in [6.45, 7) is 32.2. The van der Waals surface area contributed by atoms with Gasteiger partial charge in [-0.15, -0.1) is 0 Å². The van der Waals surface area contributed by atoms with E-state index in [1.807, 2.05) is 30.6 Å². The Morgan fingerprint density at radius 2 is 0.422 bits per heavy atom. The number of likely N-dealkylation sites (N-methyl/N-ethyl adjacent to an activating group) is 2. The van der Waals surface area contributed by atoms with Gasteiger partial charge in [-0.05, 0) is 188 Å². The molecule has 0 aromatic heterocycles. The number of carbonyl (C=O) groups excluding carboxylic acids is 6. The molecule has 0 spiro atoms. The van der Waals surface area contributed by atoms with E-state index in [0.717, 1.165) is 161 Å². The van der Waals surface area contributed by atoms with Crippen molar-refractivity contribution < 1.29 is 47.7 Å². The molecule has 116 heavy (non-hydrogen) atoms. The summed E-state index contributed by atoms with van der Waals surface area (Å²) in [5.41, 5.74) is 0. The van der Waals surface area contributed by atoms with Crippen LogP contribution in [0, 0.1) is 0 Å². The number of hydrogen-bond acceptors (Lipinski definition) is 12. The molecule has 14 nitrogen and oxygen atoms in total. The molecule has 0 saturated heterocycles. The minimum atomic E-state index is -0.0385. The first-order valence-electron chi connectivity index (χ1n) is 51.5. The number of hydrogen-bond donors (Lipinski definition) is 0. The quantitative estimate of drug-likeness (QED) is 0.0324. The predicted molar refractivity (Wildman–Crippen MR) is 497 cm³/mol. The van der Waals surface area contributed by atoms with E-state index in [-0.39, 0.29) is 47.9 Å². The van der Waals surface area contributed by atoms with Crippen molar-refractivity contribution in [2.24, 2.45) is 0 Å². The van der Waals surface area contributed by atoms with E-state index in [9.17, 15) is 28.8 Å². The second-order valence-corrected chi connectivity index (χ2v) is 35.0. The van der Waals surface area contributed by atoms with Crippen LogP contribution in [0.1, 0.15) is 532 Å². The van der Waals surface area contributed by atoms with E-state index >= 15 is 0 Å². The van der Waals surface area contributed by atoms with Crippen LogP contribution in [0.3, 0.4) is 0 Å². The highest BCUT2D eigenvalue weighted by atomic mass is 16.6. The molecule has 14 heteroatoms. The topological polar surface area (TPSA) is 152 Å². The Balaban J connectivity index is 0. The van der Waals surface area contributed by atoms with Gasteiger partial charge in [0.2, 0.25) is 11.8 Å². The average molecular weight is 1640 g/mol. The zero-order valence-electron chi connectivity index (χ0n) is 79.4. The molecule has 0 radical (unpaired) electrons. The Labute approximate surface area is 721 Å². The van der Waals surface area contributed by atoms with Gasteiger partial charge in [0.1, 0.15) is 12.2 Å². The van der Waals surface area contributed by atoms with Crippen molar-refractivity contribution in [1.82, 2.24) is 19.6 Å². The fraction of sp³-hybridized carbons (Fsp3) is 0.941. The van der Waals surface area contributed by atoms with Crippen molar-refractivity contribution in [2.45, 2.75) is 544 Å². The largest absolute Gasteiger partial charge is 0.466 e. The lowest BCUT2D eigenvalue weighted by Gasteiger charge is -2.26. The third kappa shape index (κ3) is 83.0. The first-order chi connectivity index (χ1) is 56.8. The monoisotopic (exact) mass is 1640 g/mol. The fourth-order valence-electron chi connectivity index (χ4n) is 16.0. The standard InChI is InChI=1S/C56H109N3O6.C46H91NO4/c1-7-13-16-19-22-31-40-51-64-55(62)44-34-27-23-29-37-46-57(48-39-36-43-54(61)59(12-6)50-49-58(11-5)53(60)10-4)47-38-30-24-28-35-45-56(63)65-52(41-32-25-20-17-14-8-2)42-33-26-21-18-15-9-3;1-5-9-13-16-19-28-35-43-50-45(48)38-31-24-20-26-33-41-47(40-12-8-4)42-34-27-21-25-32-39-46(49)51-44(36-29-22-17-14-10-6-2)37-30-23-18-15-11-7-3/h52H,7-51H2,1-6H3;44H,5-43H2,1-4H3. The second kappa shape index (κ2) is 94.0. The van der Waals surface area contributed by atoms with Gasteiger partial charge in [-0.3, -0.25) is 28.8 Å². The summed E-state index contributed by atoms with van der Waals surface area (Å²) in [7, 11) is 0. The van der Waals surface area contributed by atoms with Crippen LogP contribution < -0.4 is 0 Å². The lowest BCUT2D eigenvalue weighted by molar-refractivity contribution is -0.151. The Kier molecular flexibility index (Phi) is 93.0. The Hall–Kier alpha value is -3.26. The van der Waals surface area contributed by atoms with Gasteiger partial charge in [-0.25, -0.2) is 0 Å². The van der Waals surface area contributed by atoms with Crippen molar-refractivity contribution in [1.29, 1.82) is 0 Å². The van der Waals surface area contributed by atoms with Gasteiger partial charge in [0.05, 0.1) is 13.2 Å². The summed E-state index contributed by atoms with van der Waals surface area (Å²) in [6, 6.07) is 0. The number of esters is 4. The lowest BCUT2D eigenvalue weighted by Crippen LogP contribution is -2.40. The number of amides is 2. The summed E-state index contributed by atoms with van der Waals surface area (Å²) >= 11 is 0. The average Bonchev–Trinajstić information content (AvgIpc) is 0.921. The molecule has 0 N–H and O–H groups in total. The van der Waals surface area contributed by atoms with Gasteiger partial charge < -0.3 is 38.5 Å². The van der Waals surface area contributed by atoms with Crippen LogP contribution >= 0.6 is 0 Å². The summed E-state index contributed by atoms with van der Waals surface area (Å²) < 4.78 is 23.1. The number of unbranched alkanes of at least 4 members (excludes halogenated alkanes) is 50. The molecule has 0 fully saturated rings. The van der Waals surface area contributed by atoms with E-state index in [1.165, 1.54) is 302 Å². The number of carbonyl (C=O) groups is 6. The van der Waals surface area contributed by atoms with E-state index in [1.54, 1.807) is 0 Å². The van der Waals surface area contributed by atoms with E-state index in [0.29, 0.717) is 77.9 Å². The molecule has 0 aliphatic carbocycles. The fourth-order valence-corrected chi connectivity index (χ4v) is 16.0. The lowest BCUT2D eigenvalue weighted by atomic mass is 10.0. The van der Waals surface area contributed by atoms with Crippen molar-refractivity contribution >= 4 is 35.7 Å². The van der Waals surface area contributed by atoms with Crippen LogP contribution in [0.5, 0.6) is 0 Å². The minimum absolute atomic E-state index is 0.00194. The van der Waals surface area contributed by atoms with Gasteiger partial charge in [0, 0.05) is 64.7 Å². The van der Waals surface area contributed by atoms with Gasteiger partial charge in [0.25, 0.3) is 0 Å². The second-order valence-electron chi connectivity index (χ2n) is 35.0. The van der Waals surface area contributed by atoms with Crippen LogP contribution in [0.2, 0.25) is 0 Å².